The first kappa shape index (κ1) is 23.4. The van der Waals surface area contributed by atoms with Crippen molar-refractivity contribution in [2.75, 3.05) is 0 Å². The molecular formula is C30H32F2O. The maximum absolute atomic E-state index is 13.5. The number of carbonyl (C=O) groups excluding carboxylic acids is 1. The molecule has 0 heterocycles. The van der Waals surface area contributed by atoms with Crippen molar-refractivity contribution in [2.24, 2.45) is 0 Å². The second-order valence-corrected chi connectivity index (χ2v) is 9.51. The molecule has 0 saturated heterocycles. The Morgan fingerprint density at radius 2 is 1.48 bits per heavy atom. The number of hydrogen-bond acceptors (Lipinski definition) is 1. The van der Waals surface area contributed by atoms with Crippen LogP contribution < -0.4 is 0 Å². The van der Waals surface area contributed by atoms with Gasteiger partial charge in [0.2, 0.25) is 0 Å². The molecule has 0 aliphatic heterocycles. The van der Waals surface area contributed by atoms with Crippen molar-refractivity contribution >= 4 is 5.78 Å². The monoisotopic (exact) mass is 446 g/mol. The van der Waals surface area contributed by atoms with Crippen LogP contribution in [0.2, 0.25) is 0 Å². The minimum Gasteiger partial charge on any atom is -0.300 e. The number of ketones is 1. The van der Waals surface area contributed by atoms with Crippen molar-refractivity contribution < 1.29 is 13.6 Å². The van der Waals surface area contributed by atoms with E-state index < -0.39 is 5.92 Å². The summed E-state index contributed by atoms with van der Waals surface area (Å²) in [7, 11) is 0. The molecule has 0 radical (unpaired) electrons. The van der Waals surface area contributed by atoms with Crippen LogP contribution in [0, 0.1) is 6.92 Å². The largest absolute Gasteiger partial charge is 0.300 e. The van der Waals surface area contributed by atoms with Gasteiger partial charge in [0.05, 0.1) is 0 Å². The second-order valence-electron chi connectivity index (χ2n) is 9.51. The molecule has 0 fully saturated rings. The number of rotatable bonds is 8. The zero-order valence-electron chi connectivity index (χ0n) is 19.8. The molecule has 1 nitrogen and oxygen atoms in total. The van der Waals surface area contributed by atoms with Crippen LogP contribution in [-0.2, 0) is 42.8 Å². The van der Waals surface area contributed by atoms with Gasteiger partial charge in [-0.25, -0.2) is 8.78 Å². The summed E-state index contributed by atoms with van der Waals surface area (Å²) in [6, 6.07) is 17.3. The highest BCUT2D eigenvalue weighted by Crippen LogP contribution is 2.33. The van der Waals surface area contributed by atoms with E-state index in [2.05, 4.69) is 37.3 Å². The Hall–Kier alpha value is -2.81. The summed E-state index contributed by atoms with van der Waals surface area (Å²) in [4.78, 5) is 11.5. The van der Waals surface area contributed by atoms with Gasteiger partial charge in [0.1, 0.15) is 5.78 Å². The van der Waals surface area contributed by atoms with Crippen LogP contribution in [0.5, 0.6) is 0 Å². The highest BCUT2D eigenvalue weighted by molar-refractivity contribution is 5.76. The molecule has 0 bridgehead atoms. The minimum absolute atomic E-state index is 0.0398. The molecular weight excluding hydrogens is 414 g/mol. The van der Waals surface area contributed by atoms with Crippen molar-refractivity contribution in [2.45, 2.75) is 71.6 Å². The Bertz CT molecular complexity index is 1140. The van der Waals surface area contributed by atoms with E-state index in [1.807, 2.05) is 0 Å². The number of hydrogen-bond donors (Lipinski definition) is 0. The van der Waals surface area contributed by atoms with Crippen molar-refractivity contribution in [1.82, 2.24) is 0 Å². The van der Waals surface area contributed by atoms with Gasteiger partial charge in [-0.3, -0.25) is 0 Å². The van der Waals surface area contributed by atoms with Crippen LogP contribution in [0.15, 0.2) is 54.6 Å². The zero-order valence-corrected chi connectivity index (χ0v) is 19.8. The van der Waals surface area contributed by atoms with Gasteiger partial charge in [-0.15, -0.1) is 0 Å². The predicted molar refractivity (Wildman–Crippen MR) is 131 cm³/mol. The van der Waals surface area contributed by atoms with Crippen LogP contribution in [0.3, 0.4) is 0 Å². The number of halogens is 2. The predicted octanol–water partition coefficient (Wildman–Crippen LogP) is 7.57. The Labute approximate surface area is 195 Å². The second kappa shape index (κ2) is 9.59. The third kappa shape index (κ3) is 5.40. The van der Waals surface area contributed by atoms with E-state index >= 15 is 0 Å². The summed E-state index contributed by atoms with van der Waals surface area (Å²) in [5, 5.41) is 0. The van der Waals surface area contributed by atoms with E-state index in [9.17, 15) is 13.6 Å². The van der Waals surface area contributed by atoms with Gasteiger partial charge in [0.15, 0.2) is 0 Å². The standard InChI is InChI=1S/C30H32F2O/c1-20-19-25(28-5-4-6-29(28)27(20)18-7-21(2)33)13-10-22-8-11-23(12-9-22)24-14-16-26(17-15-24)30(3,31)32/h8-9,11-12,14-17,19H,4-7,10,13,18H2,1-3H3. The smallest absolute Gasteiger partial charge is 0.270 e. The molecule has 4 rings (SSSR count). The number of alkyl halides is 2. The fourth-order valence-electron chi connectivity index (χ4n) is 5.08. The van der Waals surface area contributed by atoms with Gasteiger partial charge in [-0.2, -0.15) is 0 Å². The van der Waals surface area contributed by atoms with Crippen molar-refractivity contribution in [3.63, 3.8) is 0 Å². The lowest BCUT2D eigenvalue weighted by Gasteiger charge is -2.17. The fraction of sp³-hybridized carbons (Fsp3) is 0.367. The number of Topliss-reactive ketones (excluding diaryl/α,β-unsaturated/α-hetero) is 1. The molecule has 0 N–H and O–H groups in total. The van der Waals surface area contributed by atoms with Gasteiger partial charge in [0.25, 0.3) is 5.92 Å². The molecule has 0 unspecified atom stereocenters. The number of aryl methyl sites for hydroxylation is 3. The molecule has 0 aromatic heterocycles. The molecule has 0 atom stereocenters. The van der Waals surface area contributed by atoms with E-state index in [1.54, 1.807) is 19.1 Å². The third-order valence-electron chi connectivity index (χ3n) is 6.93. The van der Waals surface area contributed by atoms with Crippen molar-refractivity contribution in [1.29, 1.82) is 0 Å². The molecule has 3 heteroatoms. The first-order valence-corrected chi connectivity index (χ1v) is 11.9. The maximum atomic E-state index is 13.5. The molecule has 1 aliphatic rings. The van der Waals surface area contributed by atoms with E-state index in [-0.39, 0.29) is 11.3 Å². The summed E-state index contributed by atoms with van der Waals surface area (Å²) in [6.45, 7) is 4.79. The highest BCUT2D eigenvalue weighted by Gasteiger charge is 2.24. The van der Waals surface area contributed by atoms with Crippen molar-refractivity contribution in [3.8, 4) is 11.1 Å². The third-order valence-corrected chi connectivity index (χ3v) is 6.93. The Morgan fingerprint density at radius 3 is 2.09 bits per heavy atom. The van der Waals surface area contributed by atoms with E-state index in [4.69, 9.17) is 0 Å². The molecule has 0 saturated carbocycles. The Balaban J connectivity index is 1.46. The van der Waals surface area contributed by atoms with E-state index in [1.165, 1.54) is 51.9 Å². The zero-order chi connectivity index (χ0) is 23.6. The SMILES string of the molecule is CC(=O)CCc1c(C)cc(CCc2ccc(-c3ccc(C(C)(F)F)cc3)cc2)c2c1CCC2. The van der Waals surface area contributed by atoms with Crippen LogP contribution in [0.4, 0.5) is 8.78 Å². The lowest BCUT2D eigenvalue weighted by molar-refractivity contribution is -0.116. The summed E-state index contributed by atoms with van der Waals surface area (Å²) >= 11 is 0. The lowest BCUT2D eigenvalue weighted by atomic mass is 9.88. The van der Waals surface area contributed by atoms with E-state index in [0.29, 0.717) is 6.42 Å². The molecule has 1 aliphatic carbocycles. The molecule has 3 aromatic rings. The van der Waals surface area contributed by atoms with Crippen LogP contribution >= 0.6 is 0 Å². The molecule has 3 aromatic carbocycles. The number of benzene rings is 3. The first-order valence-electron chi connectivity index (χ1n) is 11.9. The quantitative estimate of drug-likeness (QED) is 0.349. The van der Waals surface area contributed by atoms with Crippen LogP contribution in [0.25, 0.3) is 11.1 Å². The molecule has 0 spiro atoms. The van der Waals surface area contributed by atoms with Crippen LogP contribution in [-0.4, -0.2) is 5.78 Å². The Kier molecular flexibility index (Phi) is 6.78. The topological polar surface area (TPSA) is 17.1 Å². The Morgan fingerprint density at radius 1 is 0.879 bits per heavy atom. The number of fused-ring (bicyclic) bond motifs is 1. The summed E-state index contributed by atoms with van der Waals surface area (Å²) in [5.74, 6) is -2.56. The van der Waals surface area contributed by atoms with Gasteiger partial charge >= 0.3 is 0 Å². The normalized spacial score (nSPS) is 13.2. The average Bonchev–Trinajstić information content (AvgIpc) is 3.27. The molecule has 33 heavy (non-hydrogen) atoms. The minimum atomic E-state index is -2.81. The molecule has 172 valence electrons. The molecule has 0 amide bonds. The summed E-state index contributed by atoms with van der Waals surface area (Å²) in [6.07, 6.45) is 6.95. The lowest BCUT2D eigenvalue weighted by Crippen LogP contribution is -2.06. The van der Waals surface area contributed by atoms with Gasteiger partial charge in [-0.1, -0.05) is 54.6 Å². The fourth-order valence-corrected chi connectivity index (χ4v) is 5.08. The van der Waals surface area contributed by atoms with Crippen LogP contribution in [0.1, 0.15) is 65.6 Å². The summed E-state index contributed by atoms with van der Waals surface area (Å²) in [5.41, 5.74) is 10.5. The first-order chi connectivity index (χ1) is 15.7. The van der Waals surface area contributed by atoms with Gasteiger partial charge < -0.3 is 4.79 Å². The van der Waals surface area contributed by atoms with Crippen molar-refractivity contribution in [3.05, 3.63) is 93.5 Å². The average molecular weight is 447 g/mol. The van der Waals surface area contributed by atoms with Gasteiger partial charge in [0, 0.05) is 18.9 Å². The van der Waals surface area contributed by atoms with E-state index in [0.717, 1.165) is 50.2 Å². The highest BCUT2D eigenvalue weighted by atomic mass is 19.3. The maximum Gasteiger partial charge on any atom is 0.270 e. The van der Waals surface area contributed by atoms with Gasteiger partial charge in [-0.05, 0) is 96.9 Å². The number of carbonyl (C=O) groups is 1. The summed E-state index contributed by atoms with van der Waals surface area (Å²) < 4.78 is 26.9.